The van der Waals surface area contributed by atoms with Crippen molar-refractivity contribution < 1.29 is 19.0 Å². The Morgan fingerprint density at radius 2 is 2.13 bits per heavy atom. The van der Waals surface area contributed by atoms with Crippen molar-refractivity contribution in [3.8, 4) is 5.75 Å². The Morgan fingerprint density at radius 1 is 1.35 bits per heavy atom. The van der Waals surface area contributed by atoms with Crippen molar-refractivity contribution in [3.63, 3.8) is 0 Å². The highest BCUT2D eigenvalue weighted by Gasteiger charge is 2.13. The number of aliphatic hydroxyl groups is 1. The SMILES string of the molecule is CCOc1ccc(NC(=O)Cc2c(F)cccc2Cl)cc1CO. The number of benzene rings is 2. The van der Waals surface area contributed by atoms with E-state index in [-0.39, 0.29) is 23.6 Å². The molecule has 0 spiro atoms. The maximum Gasteiger partial charge on any atom is 0.228 e. The van der Waals surface area contributed by atoms with Crippen molar-refractivity contribution in [1.29, 1.82) is 0 Å². The zero-order valence-corrected chi connectivity index (χ0v) is 13.4. The van der Waals surface area contributed by atoms with Gasteiger partial charge < -0.3 is 15.2 Å². The summed E-state index contributed by atoms with van der Waals surface area (Å²) < 4.78 is 19.1. The Kier molecular flexibility index (Phi) is 5.96. The second-order valence-electron chi connectivity index (χ2n) is 4.84. The average molecular weight is 338 g/mol. The van der Waals surface area contributed by atoms with Crippen LogP contribution in [0.1, 0.15) is 18.1 Å². The Balaban J connectivity index is 2.11. The van der Waals surface area contributed by atoms with E-state index >= 15 is 0 Å². The lowest BCUT2D eigenvalue weighted by molar-refractivity contribution is -0.115. The fourth-order valence-electron chi connectivity index (χ4n) is 2.14. The highest BCUT2D eigenvalue weighted by molar-refractivity contribution is 6.31. The van der Waals surface area contributed by atoms with Gasteiger partial charge in [-0.15, -0.1) is 0 Å². The summed E-state index contributed by atoms with van der Waals surface area (Å²) in [5.41, 5.74) is 1.21. The molecule has 23 heavy (non-hydrogen) atoms. The summed E-state index contributed by atoms with van der Waals surface area (Å²) in [7, 11) is 0. The maximum atomic E-state index is 13.7. The minimum Gasteiger partial charge on any atom is -0.494 e. The zero-order chi connectivity index (χ0) is 16.8. The number of ether oxygens (including phenoxy) is 1. The molecular weight excluding hydrogens is 321 g/mol. The van der Waals surface area contributed by atoms with Crippen LogP contribution in [0.3, 0.4) is 0 Å². The van der Waals surface area contributed by atoms with E-state index in [2.05, 4.69) is 5.32 Å². The Hall–Kier alpha value is -2.11. The second kappa shape index (κ2) is 7.94. The minimum absolute atomic E-state index is 0.153. The van der Waals surface area contributed by atoms with Gasteiger partial charge in [-0.25, -0.2) is 4.39 Å². The van der Waals surface area contributed by atoms with Crippen LogP contribution in [0.15, 0.2) is 36.4 Å². The number of halogens is 2. The molecule has 0 aliphatic carbocycles. The van der Waals surface area contributed by atoms with E-state index in [9.17, 15) is 14.3 Å². The monoisotopic (exact) mass is 337 g/mol. The summed E-state index contributed by atoms with van der Waals surface area (Å²) in [6.07, 6.45) is -0.173. The first-order valence-corrected chi connectivity index (χ1v) is 7.52. The molecule has 0 atom stereocenters. The van der Waals surface area contributed by atoms with E-state index in [4.69, 9.17) is 16.3 Å². The fraction of sp³-hybridized carbons (Fsp3) is 0.235. The molecule has 122 valence electrons. The third-order valence-electron chi connectivity index (χ3n) is 3.21. The van der Waals surface area contributed by atoms with Crippen LogP contribution in [-0.2, 0) is 17.8 Å². The van der Waals surface area contributed by atoms with Crippen LogP contribution >= 0.6 is 11.6 Å². The molecule has 0 heterocycles. The highest BCUT2D eigenvalue weighted by Crippen LogP contribution is 2.24. The third-order valence-corrected chi connectivity index (χ3v) is 3.57. The smallest absolute Gasteiger partial charge is 0.228 e. The molecule has 0 radical (unpaired) electrons. The predicted octanol–water partition coefficient (Wildman–Crippen LogP) is 3.55. The van der Waals surface area contributed by atoms with E-state index in [0.29, 0.717) is 23.6 Å². The third kappa shape index (κ3) is 4.43. The minimum atomic E-state index is -0.518. The molecule has 0 aliphatic heterocycles. The molecular formula is C17H17ClFNO3. The Bertz CT molecular complexity index is 686. The summed E-state index contributed by atoms with van der Waals surface area (Å²) in [5, 5.41) is 12.2. The van der Waals surface area contributed by atoms with E-state index in [0.717, 1.165) is 0 Å². The second-order valence-corrected chi connectivity index (χ2v) is 5.25. The van der Waals surface area contributed by atoms with Crippen molar-refractivity contribution in [2.75, 3.05) is 11.9 Å². The van der Waals surface area contributed by atoms with Gasteiger partial charge in [0.2, 0.25) is 5.91 Å². The number of nitrogens with one attached hydrogen (secondary N) is 1. The van der Waals surface area contributed by atoms with Gasteiger partial charge in [-0.05, 0) is 37.3 Å². The quantitative estimate of drug-likeness (QED) is 0.847. The first-order chi connectivity index (χ1) is 11.0. The molecule has 0 aromatic heterocycles. The van der Waals surface area contributed by atoms with Gasteiger partial charge in [-0.1, -0.05) is 17.7 Å². The Labute approximate surface area is 138 Å². The lowest BCUT2D eigenvalue weighted by Crippen LogP contribution is -2.15. The van der Waals surface area contributed by atoms with Gasteiger partial charge in [-0.2, -0.15) is 0 Å². The van der Waals surface area contributed by atoms with E-state index < -0.39 is 11.7 Å². The summed E-state index contributed by atoms with van der Waals surface area (Å²) >= 11 is 5.91. The van der Waals surface area contributed by atoms with Crippen molar-refractivity contribution in [2.45, 2.75) is 20.0 Å². The van der Waals surface area contributed by atoms with Crippen molar-refractivity contribution in [1.82, 2.24) is 0 Å². The number of amides is 1. The van der Waals surface area contributed by atoms with Crippen molar-refractivity contribution in [3.05, 3.63) is 58.4 Å². The molecule has 0 unspecified atom stereocenters. The molecule has 0 saturated carbocycles. The van der Waals surface area contributed by atoms with E-state index in [1.54, 1.807) is 18.2 Å². The highest BCUT2D eigenvalue weighted by atomic mass is 35.5. The fourth-order valence-corrected chi connectivity index (χ4v) is 2.37. The first-order valence-electron chi connectivity index (χ1n) is 7.14. The van der Waals surface area contributed by atoms with E-state index in [1.165, 1.54) is 18.2 Å². The van der Waals surface area contributed by atoms with E-state index in [1.807, 2.05) is 6.92 Å². The van der Waals surface area contributed by atoms with Gasteiger partial charge >= 0.3 is 0 Å². The number of carbonyl (C=O) groups is 1. The molecule has 0 aliphatic rings. The Morgan fingerprint density at radius 3 is 2.78 bits per heavy atom. The number of hydrogen-bond donors (Lipinski definition) is 2. The van der Waals surface area contributed by atoms with Crippen LogP contribution in [0, 0.1) is 5.82 Å². The van der Waals surface area contributed by atoms with Gasteiger partial charge in [0.25, 0.3) is 0 Å². The molecule has 4 nitrogen and oxygen atoms in total. The lowest BCUT2D eigenvalue weighted by atomic mass is 10.1. The van der Waals surface area contributed by atoms with Crippen LogP contribution in [0.4, 0.5) is 10.1 Å². The molecule has 2 rings (SSSR count). The molecule has 0 bridgehead atoms. The molecule has 1 amide bonds. The van der Waals surface area contributed by atoms with Gasteiger partial charge in [0.1, 0.15) is 11.6 Å². The molecule has 2 aromatic rings. The molecule has 0 saturated heterocycles. The number of aliphatic hydroxyl groups excluding tert-OH is 1. The van der Waals surface area contributed by atoms with Gasteiger partial charge in [0.05, 0.1) is 19.6 Å². The number of rotatable bonds is 6. The molecule has 6 heteroatoms. The molecule has 2 N–H and O–H groups in total. The normalized spacial score (nSPS) is 10.4. The average Bonchev–Trinajstić information content (AvgIpc) is 2.53. The summed E-state index contributed by atoms with van der Waals surface area (Å²) in [6, 6.07) is 9.22. The predicted molar refractivity (Wildman–Crippen MR) is 87.3 cm³/mol. The van der Waals surface area contributed by atoms with Gasteiger partial charge in [-0.3, -0.25) is 4.79 Å². The van der Waals surface area contributed by atoms with Crippen LogP contribution in [-0.4, -0.2) is 17.6 Å². The summed E-state index contributed by atoms with van der Waals surface area (Å²) in [5.74, 6) is -0.356. The number of carbonyl (C=O) groups excluding carboxylic acids is 1. The van der Waals surface area contributed by atoms with Crippen molar-refractivity contribution in [2.24, 2.45) is 0 Å². The standard InChI is InChI=1S/C17H17ClFNO3/c1-2-23-16-7-6-12(8-11(16)10-21)20-17(22)9-13-14(18)4-3-5-15(13)19/h3-8,21H,2,9-10H2,1H3,(H,20,22). The molecule has 0 fully saturated rings. The van der Waals surface area contributed by atoms with Gasteiger partial charge in [0.15, 0.2) is 0 Å². The first kappa shape index (κ1) is 17.2. The topological polar surface area (TPSA) is 58.6 Å². The van der Waals surface area contributed by atoms with Crippen molar-refractivity contribution >= 4 is 23.2 Å². The zero-order valence-electron chi connectivity index (χ0n) is 12.6. The maximum absolute atomic E-state index is 13.7. The van der Waals surface area contributed by atoms with Crippen LogP contribution in [0.2, 0.25) is 5.02 Å². The number of anilines is 1. The molecule has 2 aromatic carbocycles. The van der Waals surface area contributed by atoms with Crippen LogP contribution < -0.4 is 10.1 Å². The largest absolute Gasteiger partial charge is 0.494 e. The number of hydrogen-bond acceptors (Lipinski definition) is 3. The summed E-state index contributed by atoms with van der Waals surface area (Å²) in [6.45, 7) is 2.11. The van der Waals surface area contributed by atoms with Crippen LogP contribution in [0.25, 0.3) is 0 Å². The lowest BCUT2D eigenvalue weighted by Gasteiger charge is -2.12. The van der Waals surface area contributed by atoms with Gasteiger partial charge in [0, 0.05) is 21.8 Å². The van der Waals surface area contributed by atoms with Crippen LogP contribution in [0.5, 0.6) is 5.75 Å². The summed E-state index contributed by atoms with van der Waals surface area (Å²) in [4.78, 5) is 12.1.